The highest BCUT2D eigenvalue weighted by atomic mass is 16.5. The molecular formula is C17H35NO2. The maximum absolute atomic E-state index is 11.6. The number of hydrogen-bond acceptors (Lipinski definition) is 2. The molecule has 0 aliphatic rings. The van der Waals surface area contributed by atoms with Crippen LogP contribution in [0.3, 0.4) is 0 Å². The summed E-state index contributed by atoms with van der Waals surface area (Å²) in [5, 5.41) is 3.01. The van der Waals surface area contributed by atoms with E-state index in [4.69, 9.17) is 4.74 Å². The molecule has 3 nitrogen and oxygen atoms in total. The van der Waals surface area contributed by atoms with E-state index in [1.165, 1.54) is 12.8 Å². The van der Waals surface area contributed by atoms with Gasteiger partial charge in [-0.05, 0) is 39.0 Å². The summed E-state index contributed by atoms with van der Waals surface area (Å²) in [4.78, 5) is 11.6. The number of ether oxygens (including phenoxy) is 1. The Bertz CT molecular complexity index is 227. The van der Waals surface area contributed by atoms with E-state index in [-0.39, 0.29) is 5.91 Å². The highest BCUT2D eigenvalue weighted by molar-refractivity contribution is 5.75. The third kappa shape index (κ3) is 15.5. The van der Waals surface area contributed by atoms with Crippen LogP contribution in [-0.2, 0) is 9.53 Å². The number of hydrogen-bond donors (Lipinski definition) is 1. The molecule has 0 aromatic rings. The highest BCUT2D eigenvalue weighted by Crippen LogP contribution is 2.06. The zero-order valence-corrected chi connectivity index (χ0v) is 14.0. The first-order valence-electron chi connectivity index (χ1n) is 8.40. The molecule has 0 saturated heterocycles. The van der Waals surface area contributed by atoms with Crippen LogP contribution in [-0.4, -0.2) is 25.2 Å². The van der Waals surface area contributed by atoms with Crippen LogP contribution in [0.15, 0.2) is 0 Å². The van der Waals surface area contributed by atoms with Gasteiger partial charge in [-0.2, -0.15) is 0 Å². The fraction of sp³-hybridized carbons (Fsp3) is 0.941. The van der Waals surface area contributed by atoms with Crippen molar-refractivity contribution in [3.8, 4) is 0 Å². The summed E-state index contributed by atoms with van der Waals surface area (Å²) >= 11 is 0. The van der Waals surface area contributed by atoms with Crippen molar-refractivity contribution in [3.05, 3.63) is 0 Å². The molecule has 0 rings (SSSR count). The highest BCUT2D eigenvalue weighted by Gasteiger charge is 2.01. The molecule has 0 unspecified atom stereocenters. The number of nitrogens with one attached hydrogen (secondary N) is 1. The Balaban J connectivity index is 3.20. The second-order valence-corrected chi connectivity index (χ2v) is 6.32. The maximum Gasteiger partial charge on any atom is 0.219 e. The first-order chi connectivity index (χ1) is 9.52. The first-order valence-corrected chi connectivity index (χ1v) is 8.40. The first kappa shape index (κ1) is 19.4. The van der Waals surface area contributed by atoms with Gasteiger partial charge in [0.1, 0.15) is 0 Å². The van der Waals surface area contributed by atoms with E-state index in [1.807, 2.05) is 0 Å². The van der Waals surface area contributed by atoms with Crippen molar-refractivity contribution in [2.24, 2.45) is 5.92 Å². The molecule has 0 aromatic heterocycles. The van der Waals surface area contributed by atoms with Crippen molar-refractivity contribution in [2.75, 3.05) is 13.2 Å². The molecule has 120 valence electrons. The van der Waals surface area contributed by atoms with Gasteiger partial charge in [-0.25, -0.2) is 0 Å². The van der Waals surface area contributed by atoms with Gasteiger partial charge < -0.3 is 10.1 Å². The average molecular weight is 285 g/mol. The fourth-order valence-corrected chi connectivity index (χ4v) is 2.05. The molecule has 0 atom stereocenters. The third-order valence-corrected chi connectivity index (χ3v) is 3.28. The van der Waals surface area contributed by atoms with Gasteiger partial charge in [0.05, 0.1) is 6.10 Å². The minimum absolute atomic E-state index is 0.216. The average Bonchev–Trinajstić information content (AvgIpc) is 2.36. The molecule has 0 saturated carbocycles. The number of amides is 1. The third-order valence-electron chi connectivity index (χ3n) is 3.28. The minimum Gasteiger partial charge on any atom is -0.379 e. The molecule has 0 aliphatic carbocycles. The van der Waals surface area contributed by atoms with Crippen molar-refractivity contribution in [2.45, 2.75) is 85.2 Å². The number of carbonyl (C=O) groups is 1. The van der Waals surface area contributed by atoms with E-state index in [0.29, 0.717) is 12.5 Å². The molecule has 0 bridgehead atoms. The minimum atomic E-state index is 0.216. The van der Waals surface area contributed by atoms with E-state index in [1.54, 1.807) is 0 Å². The Kier molecular flexibility index (Phi) is 13.0. The van der Waals surface area contributed by atoms with Crippen LogP contribution < -0.4 is 5.32 Å². The van der Waals surface area contributed by atoms with Gasteiger partial charge in [0.15, 0.2) is 0 Å². The summed E-state index contributed by atoms with van der Waals surface area (Å²) in [5.74, 6) is 0.985. The maximum atomic E-state index is 11.6. The zero-order chi connectivity index (χ0) is 15.2. The van der Waals surface area contributed by atoms with Gasteiger partial charge in [0.25, 0.3) is 0 Å². The van der Waals surface area contributed by atoms with Gasteiger partial charge in [-0.15, -0.1) is 0 Å². The normalized spacial score (nSPS) is 11.3. The van der Waals surface area contributed by atoms with Crippen LogP contribution in [0.1, 0.15) is 79.1 Å². The number of unbranched alkanes of at least 4 members (excludes halogenated alkanes) is 4. The molecule has 1 amide bonds. The van der Waals surface area contributed by atoms with Crippen LogP contribution >= 0.6 is 0 Å². The van der Waals surface area contributed by atoms with Crippen molar-refractivity contribution in [1.82, 2.24) is 5.32 Å². The fourth-order valence-electron chi connectivity index (χ4n) is 2.05. The molecule has 20 heavy (non-hydrogen) atoms. The lowest BCUT2D eigenvalue weighted by atomic mass is 10.1. The SMILES string of the molecule is CC(C)CCCCNC(=O)CCCCCCOC(C)C. The Hall–Kier alpha value is -0.570. The quantitative estimate of drug-likeness (QED) is 0.512. The lowest BCUT2D eigenvalue weighted by Gasteiger charge is -2.07. The molecule has 0 radical (unpaired) electrons. The number of carbonyl (C=O) groups excluding carboxylic acids is 1. The summed E-state index contributed by atoms with van der Waals surface area (Å²) in [7, 11) is 0. The Morgan fingerprint density at radius 2 is 1.65 bits per heavy atom. The predicted molar refractivity (Wildman–Crippen MR) is 85.9 cm³/mol. The summed E-state index contributed by atoms with van der Waals surface area (Å²) in [6.45, 7) is 10.3. The standard InChI is InChI=1S/C17H35NO2/c1-15(2)11-8-9-13-18-17(19)12-7-5-6-10-14-20-16(3)4/h15-16H,5-14H2,1-4H3,(H,18,19). The molecule has 0 aromatic carbocycles. The van der Waals surface area contributed by atoms with E-state index < -0.39 is 0 Å². The predicted octanol–water partition coefficient (Wildman–Crippen LogP) is 4.30. The van der Waals surface area contributed by atoms with Crippen LogP contribution in [0.5, 0.6) is 0 Å². The van der Waals surface area contributed by atoms with Gasteiger partial charge in [0.2, 0.25) is 5.91 Å². The summed E-state index contributed by atoms with van der Waals surface area (Å²) in [5.41, 5.74) is 0. The largest absolute Gasteiger partial charge is 0.379 e. The van der Waals surface area contributed by atoms with Crippen LogP contribution in [0.25, 0.3) is 0 Å². The summed E-state index contributed by atoms with van der Waals surface area (Å²) in [6.07, 6.45) is 8.98. The number of rotatable bonds is 13. The van der Waals surface area contributed by atoms with E-state index in [9.17, 15) is 4.79 Å². The van der Waals surface area contributed by atoms with Gasteiger partial charge >= 0.3 is 0 Å². The molecule has 3 heteroatoms. The zero-order valence-electron chi connectivity index (χ0n) is 14.0. The molecule has 0 heterocycles. The second-order valence-electron chi connectivity index (χ2n) is 6.32. The molecule has 1 N–H and O–H groups in total. The second kappa shape index (κ2) is 13.4. The topological polar surface area (TPSA) is 38.3 Å². The van der Waals surface area contributed by atoms with E-state index in [2.05, 4.69) is 33.0 Å². The molecule has 0 aliphatic heterocycles. The summed E-state index contributed by atoms with van der Waals surface area (Å²) in [6, 6.07) is 0. The van der Waals surface area contributed by atoms with Crippen molar-refractivity contribution < 1.29 is 9.53 Å². The monoisotopic (exact) mass is 285 g/mol. The lowest BCUT2D eigenvalue weighted by Crippen LogP contribution is -2.24. The smallest absolute Gasteiger partial charge is 0.219 e. The van der Waals surface area contributed by atoms with Crippen molar-refractivity contribution >= 4 is 5.91 Å². The van der Waals surface area contributed by atoms with Crippen molar-refractivity contribution in [3.63, 3.8) is 0 Å². The van der Waals surface area contributed by atoms with Crippen LogP contribution in [0, 0.1) is 5.92 Å². The van der Waals surface area contributed by atoms with Crippen molar-refractivity contribution in [1.29, 1.82) is 0 Å². The van der Waals surface area contributed by atoms with Crippen LogP contribution in [0.2, 0.25) is 0 Å². The van der Waals surface area contributed by atoms with Crippen LogP contribution in [0.4, 0.5) is 0 Å². The molecule has 0 spiro atoms. The lowest BCUT2D eigenvalue weighted by molar-refractivity contribution is -0.121. The van der Waals surface area contributed by atoms with Gasteiger partial charge in [-0.1, -0.05) is 39.5 Å². The van der Waals surface area contributed by atoms with E-state index in [0.717, 1.165) is 51.2 Å². The Morgan fingerprint density at radius 3 is 2.30 bits per heavy atom. The Morgan fingerprint density at radius 1 is 0.950 bits per heavy atom. The van der Waals surface area contributed by atoms with Gasteiger partial charge in [0, 0.05) is 19.6 Å². The molecule has 0 fully saturated rings. The van der Waals surface area contributed by atoms with Gasteiger partial charge in [-0.3, -0.25) is 4.79 Å². The van der Waals surface area contributed by atoms with E-state index >= 15 is 0 Å². The molecular weight excluding hydrogens is 250 g/mol. The summed E-state index contributed by atoms with van der Waals surface area (Å²) < 4.78 is 5.48. The Labute approximate surface area is 125 Å².